The molecule has 0 aliphatic carbocycles. The molecule has 11 heteroatoms. The smallest absolute Gasteiger partial charge is 0.436 e. The van der Waals surface area contributed by atoms with E-state index in [0.717, 1.165) is 4.52 Å². The number of carboxylic acid groups (broad SMARTS) is 1. The molecule has 1 amide bonds. The third kappa shape index (κ3) is 4.49. The summed E-state index contributed by atoms with van der Waals surface area (Å²) in [5, 5.41) is 13.5. The highest BCUT2D eigenvalue weighted by molar-refractivity contribution is 6.00. The number of carbonyl (C=O) groups is 2. The van der Waals surface area contributed by atoms with Crippen LogP contribution in [0.2, 0.25) is 0 Å². The van der Waals surface area contributed by atoms with E-state index in [1.807, 2.05) is 0 Å². The number of rotatable bonds is 3. The van der Waals surface area contributed by atoms with Crippen LogP contribution in [-0.2, 0) is 22.7 Å². The van der Waals surface area contributed by atoms with Crippen LogP contribution in [-0.4, -0.2) is 38.9 Å². The molecule has 0 saturated carbocycles. The second kappa shape index (κ2) is 8.21. The van der Waals surface area contributed by atoms with Gasteiger partial charge in [0.15, 0.2) is 5.69 Å². The number of hydrogen-bond acceptors (Lipinski definition) is 4. The van der Waals surface area contributed by atoms with Crippen LogP contribution in [0.5, 0.6) is 0 Å². The summed E-state index contributed by atoms with van der Waals surface area (Å²) in [5.74, 6) is -2.27. The molecule has 36 heavy (non-hydrogen) atoms. The van der Waals surface area contributed by atoms with Gasteiger partial charge in [-0.2, -0.15) is 18.3 Å². The predicted octanol–water partition coefficient (Wildman–Crippen LogP) is 5.81. The molecular formula is C25H25F4N3O4. The Hall–Kier alpha value is -3.63. The number of ether oxygens (including phenoxy) is 1. The molecular weight excluding hydrogens is 482 g/mol. The van der Waals surface area contributed by atoms with E-state index in [9.17, 15) is 32.3 Å². The quantitative estimate of drug-likeness (QED) is 0.452. The highest BCUT2D eigenvalue weighted by atomic mass is 19.4. The lowest BCUT2D eigenvalue weighted by Gasteiger charge is -2.25. The summed E-state index contributed by atoms with van der Waals surface area (Å²) in [4.78, 5) is 26.5. The minimum absolute atomic E-state index is 0.0249. The van der Waals surface area contributed by atoms with E-state index in [-0.39, 0.29) is 35.4 Å². The molecule has 0 atom stereocenters. The number of anilines is 1. The highest BCUT2D eigenvalue weighted by Gasteiger charge is 2.46. The lowest BCUT2D eigenvalue weighted by Crippen LogP contribution is -2.38. The maximum Gasteiger partial charge on any atom is 0.436 e. The third-order valence-corrected chi connectivity index (χ3v) is 5.84. The van der Waals surface area contributed by atoms with Crippen molar-refractivity contribution in [2.45, 2.75) is 58.2 Å². The highest BCUT2D eigenvalue weighted by Crippen LogP contribution is 2.45. The molecule has 7 nitrogen and oxygen atoms in total. The largest absolute Gasteiger partial charge is 0.478 e. The molecule has 1 N–H and O–H groups in total. The SMILES string of the molecule is CC(C)(C)OC(=O)N1CC(C)(C)c2c1cc(Cc1ccc(F)cc1)c1c(C(=O)O)c(C(F)(F)F)nn21. The van der Waals surface area contributed by atoms with Crippen LogP contribution >= 0.6 is 0 Å². The van der Waals surface area contributed by atoms with E-state index in [4.69, 9.17) is 4.74 Å². The molecule has 0 saturated heterocycles. The number of halogens is 4. The molecule has 1 aliphatic heterocycles. The molecule has 1 aromatic carbocycles. The minimum Gasteiger partial charge on any atom is -0.478 e. The fourth-order valence-corrected chi connectivity index (χ4v) is 4.52. The molecule has 4 rings (SSSR count). The first-order valence-corrected chi connectivity index (χ1v) is 11.1. The number of carbonyl (C=O) groups excluding carboxylic acids is 1. The Morgan fingerprint density at radius 1 is 1.14 bits per heavy atom. The number of aromatic nitrogens is 2. The Bertz CT molecular complexity index is 1370. The summed E-state index contributed by atoms with van der Waals surface area (Å²) in [5.41, 5.74) is -3.20. The molecule has 0 unspecified atom stereocenters. The van der Waals surface area contributed by atoms with Gasteiger partial charge in [0.2, 0.25) is 0 Å². The zero-order chi connectivity index (χ0) is 26.8. The predicted molar refractivity (Wildman–Crippen MR) is 123 cm³/mol. The van der Waals surface area contributed by atoms with E-state index in [1.165, 1.54) is 35.2 Å². The summed E-state index contributed by atoms with van der Waals surface area (Å²) in [6.45, 7) is 8.61. The lowest BCUT2D eigenvalue weighted by atomic mass is 9.90. The van der Waals surface area contributed by atoms with Crippen LogP contribution < -0.4 is 4.90 Å². The molecule has 192 valence electrons. The zero-order valence-corrected chi connectivity index (χ0v) is 20.3. The van der Waals surface area contributed by atoms with Crippen molar-refractivity contribution in [3.05, 3.63) is 64.2 Å². The average molecular weight is 507 g/mol. The number of aromatic carboxylic acids is 1. The van der Waals surface area contributed by atoms with Gasteiger partial charge in [0.05, 0.1) is 16.9 Å². The van der Waals surface area contributed by atoms with Gasteiger partial charge in [-0.15, -0.1) is 0 Å². The first kappa shape index (κ1) is 25.5. The molecule has 0 spiro atoms. The van der Waals surface area contributed by atoms with E-state index >= 15 is 0 Å². The van der Waals surface area contributed by atoms with Crippen LogP contribution in [0.25, 0.3) is 5.52 Å². The maximum atomic E-state index is 13.9. The lowest BCUT2D eigenvalue weighted by molar-refractivity contribution is -0.141. The van der Waals surface area contributed by atoms with Crippen LogP contribution in [0.1, 0.15) is 67.5 Å². The van der Waals surface area contributed by atoms with Gasteiger partial charge in [0.1, 0.15) is 17.0 Å². The fourth-order valence-electron chi connectivity index (χ4n) is 4.52. The number of pyridine rings is 1. The zero-order valence-electron chi connectivity index (χ0n) is 20.3. The maximum absolute atomic E-state index is 13.9. The van der Waals surface area contributed by atoms with Crippen molar-refractivity contribution < 1.29 is 37.0 Å². The first-order chi connectivity index (χ1) is 16.5. The first-order valence-electron chi connectivity index (χ1n) is 11.1. The number of nitrogens with zero attached hydrogens (tertiary/aromatic N) is 3. The van der Waals surface area contributed by atoms with E-state index in [0.29, 0.717) is 5.56 Å². The molecule has 0 bridgehead atoms. The van der Waals surface area contributed by atoms with E-state index in [2.05, 4.69) is 5.10 Å². The molecule has 3 aromatic rings. The normalized spacial score (nSPS) is 15.3. The van der Waals surface area contributed by atoms with E-state index < -0.39 is 46.3 Å². The van der Waals surface area contributed by atoms with Gasteiger partial charge < -0.3 is 9.84 Å². The van der Waals surface area contributed by atoms with Gasteiger partial charge in [0.25, 0.3) is 0 Å². The Morgan fingerprint density at radius 2 is 1.75 bits per heavy atom. The van der Waals surface area contributed by atoms with Crippen molar-refractivity contribution in [3.63, 3.8) is 0 Å². The van der Waals surface area contributed by atoms with Crippen molar-refractivity contribution in [1.82, 2.24) is 9.61 Å². The number of carboxylic acids is 1. The monoisotopic (exact) mass is 507 g/mol. The second-order valence-corrected chi connectivity index (χ2v) is 10.4. The Balaban J connectivity index is 2.05. The molecule has 2 aromatic heterocycles. The van der Waals surface area contributed by atoms with E-state index in [1.54, 1.807) is 34.6 Å². The summed E-state index contributed by atoms with van der Waals surface area (Å²) in [6.07, 6.45) is -5.75. The van der Waals surface area contributed by atoms with Crippen molar-refractivity contribution in [3.8, 4) is 0 Å². The van der Waals surface area contributed by atoms with Gasteiger partial charge in [-0.25, -0.2) is 18.5 Å². The summed E-state index contributed by atoms with van der Waals surface area (Å²) in [6, 6.07) is 6.81. The molecule has 0 fully saturated rings. The van der Waals surface area contributed by atoms with Crippen LogP contribution in [0.15, 0.2) is 30.3 Å². The van der Waals surface area contributed by atoms with Crippen molar-refractivity contribution in [2.24, 2.45) is 0 Å². The number of benzene rings is 1. The summed E-state index contributed by atoms with van der Waals surface area (Å²) < 4.78 is 61.7. The summed E-state index contributed by atoms with van der Waals surface area (Å²) >= 11 is 0. The number of alkyl halides is 3. The Kier molecular flexibility index (Phi) is 5.81. The topological polar surface area (TPSA) is 84.1 Å². The van der Waals surface area contributed by atoms with Gasteiger partial charge in [-0.3, -0.25) is 4.90 Å². The number of fused-ring (bicyclic) bond motifs is 3. The van der Waals surface area contributed by atoms with Gasteiger partial charge in [0, 0.05) is 12.0 Å². The molecule has 1 aliphatic rings. The van der Waals surface area contributed by atoms with Crippen molar-refractivity contribution in [2.75, 3.05) is 11.4 Å². The van der Waals surface area contributed by atoms with Gasteiger partial charge >= 0.3 is 18.2 Å². The second-order valence-electron chi connectivity index (χ2n) is 10.4. The standard InChI is InChI=1S/C25H25F4N3O4/c1-23(2,3)36-22(35)31-12-24(4,5)20-16(31)11-14(10-13-6-8-15(26)9-7-13)18-17(21(33)34)19(25(27,28)29)30-32(18)20/h6-9,11H,10,12H2,1-5H3,(H,33,34). The van der Waals surface area contributed by atoms with Crippen LogP contribution in [0.3, 0.4) is 0 Å². The van der Waals surface area contributed by atoms with Crippen molar-refractivity contribution >= 4 is 23.3 Å². The van der Waals surface area contributed by atoms with Gasteiger partial charge in [-0.05, 0) is 56.5 Å². The Labute approximate surface area is 204 Å². The fraction of sp³-hybridized carbons (Fsp3) is 0.400. The third-order valence-electron chi connectivity index (χ3n) is 5.84. The Morgan fingerprint density at radius 3 is 2.28 bits per heavy atom. The van der Waals surface area contributed by atoms with Gasteiger partial charge in [-0.1, -0.05) is 26.0 Å². The molecule has 3 heterocycles. The number of hydrogen-bond donors (Lipinski definition) is 1. The molecule has 0 radical (unpaired) electrons. The average Bonchev–Trinajstić information content (AvgIpc) is 3.24. The minimum atomic E-state index is -5.03. The van der Waals surface area contributed by atoms with Crippen LogP contribution in [0, 0.1) is 5.82 Å². The van der Waals surface area contributed by atoms with Crippen molar-refractivity contribution in [1.29, 1.82) is 0 Å². The summed E-state index contributed by atoms with van der Waals surface area (Å²) in [7, 11) is 0. The van der Waals surface area contributed by atoms with Crippen LogP contribution in [0.4, 0.5) is 28.0 Å². The number of amides is 1.